The number of H-pyrrole nitrogens is 1. The lowest BCUT2D eigenvalue weighted by atomic mass is 10.0. The lowest BCUT2D eigenvalue weighted by Crippen LogP contribution is -2.60. The van der Waals surface area contributed by atoms with Gasteiger partial charge in [-0.25, -0.2) is 4.90 Å². The van der Waals surface area contributed by atoms with E-state index in [4.69, 9.17) is 0 Å². The SMILES string of the molecule is CCCC(=O)N1c2ccccc2-c2c(=O)[nH]c(SC)n[n+]2[C@H]1c1cccnc1. The number of aromatic amines is 1. The monoisotopic (exact) mass is 394 g/mol. The van der Waals surface area contributed by atoms with Crippen LogP contribution in [0.1, 0.15) is 31.5 Å². The van der Waals surface area contributed by atoms with Crippen LogP contribution in [-0.2, 0) is 4.79 Å². The van der Waals surface area contributed by atoms with Crippen molar-refractivity contribution in [3.63, 3.8) is 0 Å². The molecule has 2 aromatic heterocycles. The Kier molecular flexibility index (Phi) is 4.95. The van der Waals surface area contributed by atoms with E-state index >= 15 is 0 Å². The van der Waals surface area contributed by atoms with Gasteiger partial charge in [0.1, 0.15) is 0 Å². The molecule has 0 unspecified atom stereocenters. The lowest BCUT2D eigenvalue weighted by Gasteiger charge is -2.32. The van der Waals surface area contributed by atoms with Crippen LogP contribution in [0.4, 0.5) is 5.69 Å². The smallest absolute Gasteiger partial charge is 0.291 e. The third kappa shape index (κ3) is 2.99. The number of pyridine rings is 1. The molecule has 7 nitrogen and oxygen atoms in total. The van der Waals surface area contributed by atoms with Crippen molar-refractivity contribution in [1.82, 2.24) is 15.1 Å². The van der Waals surface area contributed by atoms with Gasteiger partial charge in [-0.2, -0.15) is 0 Å². The predicted molar refractivity (Wildman–Crippen MR) is 107 cm³/mol. The first-order valence-corrected chi connectivity index (χ1v) is 10.3. The molecule has 4 rings (SSSR count). The van der Waals surface area contributed by atoms with Crippen molar-refractivity contribution in [3.8, 4) is 11.3 Å². The van der Waals surface area contributed by atoms with Gasteiger partial charge in [0.15, 0.2) is 0 Å². The molecule has 1 N–H and O–H groups in total. The average molecular weight is 394 g/mol. The van der Waals surface area contributed by atoms with Gasteiger partial charge in [-0.05, 0) is 41.6 Å². The maximum Gasteiger partial charge on any atom is 0.325 e. The molecule has 0 saturated carbocycles. The van der Waals surface area contributed by atoms with Gasteiger partial charge >= 0.3 is 11.3 Å². The second kappa shape index (κ2) is 7.55. The van der Waals surface area contributed by atoms with Crippen molar-refractivity contribution < 1.29 is 9.48 Å². The summed E-state index contributed by atoms with van der Waals surface area (Å²) in [5.74, 6) is -0.0188. The normalized spacial score (nSPS) is 15.1. The summed E-state index contributed by atoms with van der Waals surface area (Å²) in [5, 5.41) is 5.14. The summed E-state index contributed by atoms with van der Waals surface area (Å²) in [6.07, 6.45) is 5.80. The number of carbonyl (C=O) groups excluding carboxylic acids is 1. The molecule has 1 atom stereocenters. The number of anilines is 1. The van der Waals surface area contributed by atoms with Crippen LogP contribution < -0.4 is 15.1 Å². The Bertz CT molecular complexity index is 1080. The van der Waals surface area contributed by atoms with Gasteiger partial charge in [0.05, 0.1) is 16.8 Å². The van der Waals surface area contributed by atoms with Crippen LogP contribution in [0.25, 0.3) is 11.3 Å². The highest BCUT2D eigenvalue weighted by Crippen LogP contribution is 2.37. The fraction of sp³-hybridized carbons (Fsp3) is 0.250. The minimum absolute atomic E-state index is 0.0188. The summed E-state index contributed by atoms with van der Waals surface area (Å²) in [5.41, 5.74) is 2.39. The molecule has 1 aromatic carbocycles. The second-order valence-electron chi connectivity index (χ2n) is 6.45. The number of nitrogens with one attached hydrogen (secondary N) is 1. The van der Waals surface area contributed by atoms with Crippen molar-refractivity contribution in [2.24, 2.45) is 0 Å². The van der Waals surface area contributed by atoms with E-state index in [0.29, 0.717) is 28.5 Å². The molecule has 0 spiro atoms. The zero-order chi connectivity index (χ0) is 19.7. The van der Waals surface area contributed by atoms with E-state index in [-0.39, 0.29) is 11.5 Å². The molecule has 0 saturated heterocycles. The van der Waals surface area contributed by atoms with Gasteiger partial charge < -0.3 is 0 Å². The van der Waals surface area contributed by atoms with Crippen molar-refractivity contribution in [2.45, 2.75) is 31.1 Å². The first-order chi connectivity index (χ1) is 13.7. The first kappa shape index (κ1) is 18.4. The van der Waals surface area contributed by atoms with E-state index in [1.54, 1.807) is 22.0 Å². The number of hydrogen-bond acceptors (Lipinski definition) is 5. The number of para-hydroxylation sites is 1. The van der Waals surface area contributed by atoms with Crippen LogP contribution in [0.15, 0.2) is 58.7 Å². The molecular weight excluding hydrogens is 374 g/mol. The number of hydrogen-bond donors (Lipinski definition) is 1. The Labute approximate surface area is 166 Å². The first-order valence-electron chi connectivity index (χ1n) is 9.07. The second-order valence-corrected chi connectivity index (χ2v) is 7.24. The maximum atomic E-state index is 13.2. The number of rotatable bonds is 4. The van der Waals surface area contributed by atoms with Gasteiger partial charge in [0.2, 0.25) is 11.1 Å². The zero-order valence-corrected chi connectivity index (χ0v) is 16.4. The number of thioether (sulfide) groups is 1. The minimum Gasteiger partial charge on any atom is -0.291 e. The van der Waals surface area contributed by atoms with E-state index < -0.39 is 6.17 Å². The molecule has 0 aliphatic carbocycles. The van der Waals surface area contributed by atoms with Crippen LogP contribution in [0.3, 0.4) is 0 Å². The van der Waals surface area contributed by atoms with Crippen LogP contribution in [0, 0.1) is 0 Å². The molecule has 3 aromatic rings. The largest absolute Gasteiger partial charge is 0.325 e. The molecule has 0 bridgehead atoms. The molecule has 1 aliphatic heterocycles. The fourth-order valence-corrected chi connectivity index (χ4v) is 3.86. The van der Waals surface area contributed by atoms with Crippen LogP contribution >= 0.6 is 11.8 Å². The highest BCUT2D eigenvalue weighted by molar-refractivity contribution is 7.98. The summed E-state index contributed by atoms with van der Waals surface area (Å²) >= 11 is 1.35. The summed E-state index contributed by atoms with van der Waals surface area (Å²) in [6.45, 7) is 1.97. The lowest BCUT2D eigenvalue weighted by molar-refractivity contribution is -0.763. The number of nitrogens with zero attached hydrogens (tertiary/aromatic N) is 4. The van der Waals surface area contributed by atoms with Gasteiger partial charge in [-0.1, -0.05) is 30.8 Å². The fourth-order valence-electron chi connectivity index (χ4n) is 3.50. The van der Waals surface area contributed by atoms with Crippen molar-refractivity contribution in [2.75, 3.05) is 11.2 Å². The van der Waals surface area contributed by atoms with Gasteiger partial charge in [-0.3, -0.25) is 19.6 Å². The number of fused-ring (bicyclic) bond motifs is 3. The number of carbonyl (C=O) groups is 1. The van der Waals surface area contributed by atoms with Crippen molar-refractivity contribution >= 4 is 23.4 Å². The number of aromatic nitrogens is 4. The third-order valence-electron chi connectivity index (χ3n) is 4.67. The van der Waals surface area contributed by atoms with E-state index in [0.717, 1.165) is 12.0 Å². The van der Waals surface area contributed by atoms with Crippen molar-refractivity contribution in [1.29, 1.82) is 0 Å². The quantitative estimate of drug-likeness (QED) is 0.543. The predicted octanol–water partition coefficient (Wildman–Crippen LogP) is 2.53. The zero-order valence-electron chi connectivity index (χ0n) is 15.6. The van der Waals surface area contributed by atoms with E-state index in [9.17, 15) is 9.59 Å². The Morgan fingerprint density at radius 3 is 2.82 bits per heavy atom. The molecular formula is C20H20N5O2S+. The van der Waals surface area contributed by atoms with Crippen molar-refractivity contribution in [3.05, 3.63) is 64.7 Å². The molecule has 28 heavy (non-hydrogen) atoms. The Hall–Kier alpha value is -3.00. The molecule has 0 fully saturated rings. The maximum absolute atomic E-state index is 13.2. The standard InChI is InChI=1S/C20H19N5O2S/c1-3-7-16(26)24-15-10-5-4-9-14(15)17-18(27)22-20(28-2)23-25(17)19(24)13-8-6-11-21-12-13/h4-6,8-12,19H,3,7H2,1-2H3/p+1/t19-/m0/s1. The van der Waals surface area contributed by atoms with Gasteiger partial charge in [0.25, 0.3) is 6.17 Å². The minimum atomic E-state index is -0.578. The highest BCUT2D eigenvalue weighted by Gasteiger charge is 2.45. The summed E-state index contributed by atoms with van der Waals surface area (Å²) in [7, 11) is 0. The van der Waals surface area contributed by atoms with E-state index in [1.165, 1.54) is 11.8 Å². The number of amides is 1. The molecule has 142 valence electrons. The Morgan fingerprint density at radius 1 is 1.29 bits per heavy atom. The molecule has 1 aliphatic rings. The molecule has 1 amide bonds. The number of benzene rings is 1. The van der Waals surface area contributed by atoms with Crippen LogP contribution in [0.2, 0.25) is 0 Å². The Morgan fingerprint density at radius 2 is 2.11 bits per heavy atom. The summed E-state index contributed by atoms with van der Waals surface area (Å²) in [6, 6.07) is 11.2. The van der Waals surface area contributed by atoms with E-state index in [2.05, 4.69) is 15.1 Å². The molecule has 8 heteroatoms. The van der Waals surface area contributed by atoms with Gasteiger partial charge in [-0.15, -0.1) is 0 Å². The average Bonchev–Trinajstić information content (AvgIpc) is 2.73. The summed E-state index contributed by atoms with van der Waals surface area (Å²) in [4.78, 5) is 34.9. The topological polar surface area (TPSA) is 82.8 Å². The third-order valence-corrected chi connectivity index (χ3v) is 5.24. The highest BCUT2D eigenvalue weighted by atomic mass is 32.2. The van der Waals surface area contributed by atoms with Crippen LogP contribution in [-0.4, -0.2) is 27.2 Å². The Balaban J connectivity index is 2.06. The van der Waals surface area contributed by atoms with E-state index in [1.807, 2.05) is 49.6 Å². The van der Waals surface area contributed by atoms with Gasteiger partial charge in [0, 0.05) is 23.9 Å². The molecule has 0 radical (unpaired) electrons. The molecule has 3 heterocycles. The van der Waals surface area contributed by atoms with Crippen LogP contribution in [0.5, 0.6) is 0 Å². The summed E-state index contributed by atoms with van der Waals surface area (Å²) < 4.78 is 1.65.